The lowest BCUT2D eigenvalue weighted by Crippen LogP contribution is -2.42. The van der Waals surface area contributed by atoms with E-state index in [1.807, 2.05) is 6.07 Å². The molecule has 1 aromatic carbocycles. The lowest BCUT2D eigenvalue weighted by Gasteiger charge is -2.29. The fraction of sp³-hybridized carbons (Fsp3) is 0.562. The van der Waals surface area contributed by atoms with Gasteiger partial charge in [0.15, 0.2) is 0 Å². The molecule has 1 unspecified atom stereocenters. The molecule has 3 N–H and O–H groups in total. The minimum Gasteiger partial charge on any atom is -0.369 e. The molecule has 0 bridgehead atoms. The van der Waals surface area contributed by atoms with E-state index < -0.39 is 0 Å². The van der Waals surface area contributed by atoms with E-state index in [4.69, 9.17) is 17.3 Å². The first-order valence-electron chi connectivity index (χ1n) is 7.44. The summed E-state index contributed by atoms with van der Waals surface area (Å²) in [5.41, 5.74) is 8.17. The van der Waals surface area contributed by atoms with Crippen molar-refractivity contribution in [1.29, 1.82) is 0 Å². The van der Waals surface area contributed by atoms with Gasteiger partial charge >= 0.3 is 0 Å². The summed E-state index contributed by atoms with van der Waals surface area (Å²) in [7, 11) is 0. The first kappa shape index (κ1) is 13.9. The van der Waals surface area contributed by atoms with E-state index in [0.717, 1.165) is 43.5 Å². The van der Waals surface area contributed by atoms with Gasteiger partial charge in [0, 0.05) is 23.0 Å². The summed E-state index contributed by atoms with van der Waals surface area (Å²) in [4.78, 5) is 11.2. The summed E-state index contributed by atoms with van der Waals surface area (Å²) in [6.45, 7) is 0. The van der Waals surface area contributed by atoms with E-state index in [9.17, 15) is 4.79 Å². The topological polar surface area (TPSA) is 55.1 Å². The Balaban J connectivity index is 1.53. The highest BCUT2D eigenvalue weighted by molar-refractivity contribution is 6.30. The van der Waals surface area contributed by atoms with Crippen molar-refractivity contribution in [3.05, 3.63) is 34.3 Å². The molecule has 3 rings (SSSR count). The van der Waals surface area contributed by atoms with Gasteiger partial charge in [0.1, 0.15) is 0 Å². The highest BCUT2D eigenvalue weighted by atomic mass is 35.5. The van der Waals surface area contributed by atoms with Crippen LogP contribution in [-0.4, -0.2) is 18.0 Å². The van der Waals surface area contributed by atoms with Crippen molar-refractivity contribution in [2.75, 3.05) is 0 Å². The lowest BCUT2D eigenvalue weighted by molar-refractivity contribution is -0.122. The maximum atomic E-state index is 11.2. The summed E-state index contributed by atoms with van der Waals surface area (Å²) >= 11 is 6.04. The molecule has 0 spiro atoms. The number of fused-ring (bicyclic) bond motifs is 1. The maximum absolute atomic E-state index is 11.2. The van der Waals surface area contributed by atoms with Crippen molar-refractivity contribution >= 4 is 17.5 Å². The molecule has 0 heterocycles. The normalized spacial score (nSPS) is 29.1. The van der Waals surface area contributed by atoms with E-state index in [1.165, 1.54) is 11.1 Å². The van der Waals surface area contributed by atoms with Gasteiger partial charge in [0.2, 0.25) is 5.91 Å². The Labute approximate surface area is 124 Å². The Morgan fingerprint density at radius 2 is 1.80 bits per heavy atom. The smallest absolute Gasteiger partial charge is 0.220 e. The standard InChI is InChI=1S/C16H21ClN2O/c17-13-4-1-11-8-15(9-12(11)7-13)19-14-5-2-10(3-6-14)16(18)20/h1,4,7,10,14-15,19H,2-3,5-6,8-9H2,(H2,18,20). The van der Waals surface area contributed by atoms with Crippen molar-refractivity contribution in [3.63, 3.8) is 0 Å². The Bertz CT molecular complexity index is 509. The molecule has 20 heavy (non-hydrogen) atoms. The van der Waals surface area contributed by atoms with Crippen LogP contribution in [0.25, 0.3) is 0 Å². The molecule has 3 nitrogen and oxygen atoms in total. The zero-order valence-electron chi connectivity index (χ0n) is 11.6. The van der Waals surface area contributed by atoms with Crippen LogP contribution >= 0.6 is 11.6 Å². The van der Waals surface area contributed by atoms with Crippen LogP contribution in [0.4, 0.5) is 0 Å². The minimum absolute atomic E-state index is 0.0904. The third-order valence-electron chi connectivity index (χ3n) is 4.70. The number of hydrogen-bond acceptors (Lipinski definition) is 2. The molecule has 0 radical (unpaired) electrons. The van der Waals surface area contributed by atoms with Gasteiger partial charge in [0.05, 0.1) is 0 Å². The zero-order valence-corrected chi connectivity index (χ0v) is 12.3. The van der Waals surface area contributed by atoms with Crippen molar-refractivity contribution in [1.82, 2.24) is 5.32 Å². The molecule has 0 saturated heterocycles. The van der Waals surface area contributed by atoms with Crippen molar-refractivity contribution < 1.29 is 4.79 Å². The molecule has 108 valence electrons. The quantitative estimate of drug-likeness (QED) is 0.899. The van der Waals surface area contributed by atoms with Crippen molar-refractivity contribution in [3.8, 4) is 0 Å². The predicted octanol–water partition coefficient (Wildman–Crippen LogP) is 2.44. The highest BCUT2D eigenvalue weighted by Gasteiger charge is 2.28. The van der Waals surface area contributed by atoms with Gasteiger partial charge in [0.25, 0.3) is 0 Å². The Hall–Kier alpha value is -1.06. The SMILES string of the molecule is NC(=O)C1CCC(NC2Cc3ccc(Cl)cc3C2)CC1. The third-order valence-corrected chi connectivity index (χ3v) is 4.94. The molecule has 4 heteroatoms. The Kier molecular flexibility index (Phi) is 3.99. The summed E-state index contributed by atoms with van der Waals surface area (Å²) in [5, 5.41) is 4.57. The van der Waals surface area contributed by atoms with E-state index >= 15 is 0 Å². The fourth-order valence-corrected chi connectivity index (χ4v) is 3.78. The molecule has 1 fully saturated rings. The average molecular weight is 293 g/mol. The van der Waals surface area contributed by atoms with Gasteiger partial charge in [-0.3, -0.25) is 4.79 Å². The first-order chi connectivity index (χ1) is 9.61. The molecule has 0 aromatic heterocycles. The van der Waals surface area contributed by atoms with Crippen LogP contribution in [-0.2, 0) is 17.6 Å². The van der Waals surface area contributed by atoms with Crippen LogP contribution in [0.3, 0.4) is 0 Å². The molecular weight excluding hydrogens is 272 g/mol. The number of nitrogens with one attached hydrogen (secondary N) is 1. The van der Waals surface area contributed by atoms with E-state index in [0.29, 0.717) is 12.1 Å². The van der Waals surface area contributed by atoms with Gasteiger partial charge in [-0.05, 0) is 61.8 Å². The number of nitrogens with two attached hydrogens (primary N) is 1. The van der Waals surface area contributed by atoms with Crippen LogP contribution < -0.4 is 11.1 Å². The maximum Gasteiger partial charge on any atom is 0.220 e. The van der Waals surface area contributed by atoms with Crippen LogP contribution in [0.5, 0.6) is 0 Å². The molecule has 2 aliphatic rings. The fourth-order valence-electron chi connectivity index (χ4n) is 3.58. The van der Waals surface area contributed by atoms with Gasteiger partial charge in [-0.1, -0.05) is 17.7 Å². The number of carbonyl (C=O) groups excluding carboxylic acids is 1. The summed E-state index contributed by atoms with van der Waals surface area (Å²) in [5.74, 6) is -0.0426. The van der Waals surface area contributed by atoms with Gasteiger partial charge in [-0.2, -0.15) is 0 Å². The van der Waals surface area contributed by atoms with Crippen LogP contribution in [0.1, 0.15) is 36.8 Å². The Morgan fingerprint density at radius 3 is 2.50 bits per heavy atom. The largest absolute Gasteiger partial charge is 0.369 e. The second-order valence-electron chi connectivity index (χ2n) is 6.14. The molecule has 0 aliphatic heterocycles. The monoisotopic (exact) mass is 292 g/mol. The van der Waals surface area contributed by atoms with Crippen LogP contribution in [0.15, 0.2) is 18.2 Å². The number of benzene rings is 1. The van der Waals surface area contributed by atoms with E-state index in [-0.39, 0.29) is 11.8 Å². The highest BCUT2D eigenvalue weighted by Crippen LogP contribution is 2.28. The van der Waals surface area contributed by atoms with Crippen molar-refractivity contribution in [2.24, 2.45) is 11.7 Å². The van der Waals surface area contributed by atoms with Gasteiger partial charge < -0.3 is 11.1 Å². The van der Waals surface area contributed by atoms with Gasteiger partial charge in [-0.15, -0.1) is 0 Å². The van der Waals surface area contributed by atoms with Crippen LogP contribution in [0.2, 0.25) is 5.02 Å². The number of rotatable bonds is 3. The molecule has 1 aromatic rings. The minimum atomic E-state index is -0.133. The van der Waals surface area contributed by atoms with E-state index in [2.05, 4.69) is 17.4 Å². The van der Waals surface area contributed by atoms with Crippen molar-refractivity contribution in [2.45, 2.75) is 50.6 Å². The molecular formula is C16H21ClN2O. The summed E-state index contributed by atoms with van der Waals surface area (Å²) < 4.78 is 0. The summed E-state index contributed by atoms with van der Waals surface area (Å²) in [6.07, 6.45) is 6.12. The summed E-state index contributed by atoms with van der Waals surface area (Å²) in [6, 6.07) is 7.24. The lowest BCUT2D eigenvalue weighted by atomic mass is 9.85. The van der Waals surface area contributed by atoms with Gasteiger partial charge in [-0.25, -0.2) is 0 Å². The second-order valence-corrected chi connectivity index (χ2v) is 6.57. The Morgan fingerprint density at radius 1 is 1.10 bits per heavy atom. The molecule has 1 atom stereocenters. The van der Waals surface area contributed by atoms with E-state index in [1.54, 1.807) is 0 Å². The molecule has 1 amide bonds. The number of carbonyl (C=O) groups is 1. The number of hydrogen-bond donors (Lipinski definition) is 2. The number of primary amides is 1. The predicted molar refractivity (Wildman–Crippen MR) is 80.7 cm³/mol. The number of amides is 1. The zero-order chi connectivity index (χ0) is 14.1. The molecule has 2 aliphatic carbocycles. The molecule has 1 saturated carbocycles. The average Bonchev–Trinajstić information content (AvgIpc) is 2.80. The second kappa shape index (κ2) is 5.74. The first-order valence-corrected chi connectivity index (χ1v) is 7.82. The number of halogens is 1. The third kappa shape index (κ3) is 2.99. The van der Waals surface area contributed by atoms with Crippen LogP contribution in [0, 0.1) is 5.92 Å².